The Hall–Kier alpha value is -1.58. The molecule has 0 bridgehead atoms. The van der Waals surface area contributed by atoms with Crippen LogP contribution in [0.4, 0.5) is 0 Å². The summed E-state index contributed by atoms with van der Waals surface area (Å²) in [5, 5.41) is 0. The fourth-order valence-electron chi connectivity index (χ4n) is 1.89. The maximum absolute atomic E-state index is 4.32. The van der Waals surface area contributed by atoms with Gasteiger partial charge in [0.2, 0.25) is 0 Å². The van der Waals surface area contributed by atoms with Crippen molar-refractivity contribution in [3.63, 3.8) is 0 Å². The largest absolute Gasteiger partial charge is 0.333 e. The molecule has 0 fully saturated rings. The standard InChI is InChI=1S/C12H18N4/c1-3-6-16-10-13-8-11(16)9-15-7-5-14-12(15)4-2/h5,7-8,10H,3-4,6,9H2,1-2H3. The van der Waals surface area contributed by atoms with Gasteiger partial charge in [-0.1, -0.05) is 13.8 Å². The van der Waals surface area contributed by atoms with Gasteiger partial charge in [0, 0.05) is 31.6 Å². The quantitative estimate of drug-likeness (QED) is 0.770. The minimum Gasteiger partial charge on any atom is -0.333 e. The van der Waals surface area contributed by atoms with Gasteiger partial charge in [-0.05, 0) is 6.42 Å². The lowest BCUT2D eigenvalue weighted by Crippen LogP contribution is -2.08. The zero-order valence-electron chi connectivity index (χ0n) is 9.93. The molecule has 0 unspecified atom stereocenters. The highest BCUT2D eigenvalue weighted by Gasteiger charge is 2.05. The summed E-state index contributed by atoms with van der Waals surface area (Å²) in [5.74, 6) is 1.13. The van der Waals surface area contributed by atoms with Gasteiger partial charge in [-0.25, -0.2) is 9.97 Å². The molecule has 2 heterocycles. The third kappa shape index (κ3) is 2.15. The monoisotopic (exact) mass is 218 g/mol. The molecule has 0 N–H and O–H groups in total. The van der Waals surface area contributed by atoms with Gasteiger partial charge in [0.25, 0.3) is 0 Å². The molecule has 0 aromatic carbocycles. The number of hydrogen-bond acceptors (Lipinski definition) is 2. The van der Waals surface area contributed by atoms with Crippen LogP contribution in [0.3, 0.4) is 0 Å². The summed E-state index contributed by atoms with van der Waals surface area (Å²) in [5.41, 5.74) is 1.24. The predicted octanol–water partition coefficient (Wildman–Crippen LogP) is 2.10. The molecule has 0 aliphatic rings. The molecule has 0 aliphatic heterocycles. The Balaban J connectivity index is 2.17. The Bertz CT molecular complexity index is 441. The summed E-state index contributed by atoms with van der Waals surface area (Å²) in [6, 6.07) is 0. The number of aromatic nitrogens is 4. The normalized spacial score (nSPS) is 10.9. The molecule has 16 heavy (non-hydrogen) atoms. The first-order valence-corrected chi connectivity index (χ1v) is 5.84. The van der Waals surface area contributed by atoms with Crippen molar-refractivity contribution in [1.29, 1.82) is 0 Å². The van der Waals surface area contributed by atoms with Crippen LogP contribution in [0.15, 0.2) is 24.9 Å². The fourth-order valence-corrected chi connectivity index (χ4v) is 1.89. The van der Waals surface area contributed by atoms with E-state index in [0.29, 0.717) is 0 Å². The fraction of sp³-hybridized carbons (Fsp3) is 0.500. The van der Waals surface area contributed by atoms with Crippen molar-refractivity contribution in [2.75, 3.05) is 0 Å². The molecule has 4 nitrogen and oxygen atoms in total. The molecule has 0 atom stereocenters. The van der Waals surface area contributed by atoms with Crippen LogP contribution in [0.5, 0.6) is 0 Å². The number of rotatable bonds is 5. The van der Waals surface area contributed by atoms with Crippen LogP contribution in [-0.4, -0.2) is 19.1 Å². The molecule has 2 aromatic rings. The highest BCUT2D eigenvalue weighted by Crippen LogP contribution is 2.06. The lowest BCUT2D eigenvalue weighted by atomic mass is 10.4. The molecule has 0 saturated carbocycles. The molecular formula is C12H18N4. The second-order valence-electron chi connectivity index (χ2n) is 3.90. The second kappa shape index (κ2) is 4.96. The molecule has 0 saturated heterocycles. The van der Waals surface area contributed by atoms with E-state index in [-0.39, 0.29) is 0 Å². The Morgan fingerprint density at radius 1 is 1.25 bits per heavy atom. The Morgan fingerprint density at radius 3 is 2.88 bits per heavy atom. The van der Waals surface area contributed by atoms with E-state index in [0.717, 1.165) is 31.8 Å². The topological polar surface area (TPSA) is 35.6 Å². The van der Waals surface area contributed by atoms with E-state index in [9.17, 15) is 0 Å². The number of hydrogen-bond donors (Lipinski definition) is 0. The van der Waals surface area contributed by atoms with Crippen molar-refractivity contribution in [1.82, 2.24) is 19.1 Å². The average Bonchev–Trinajstić information content (AvgIpc) is 2.89. The van der Waals surface area contributed by atoms with Crippen molar-refractivity contribution in [2.24, 2.45) is 0 Å². The van der Waals surface area contributed by atoms with E-state index in [1.54, 1.807) is 0 Å². The number of imidazole rings is 2. The van der Waals surface area contributed by atoms with Crippen molar-refractivity contribution < 1.29 is 0 Å². The highest BCUT2D eigenvalue weighted by molar-refractivity contribution is 5.03. The van der Waals surface area contributed by atoms with E-state index in [1.807, 2.05) is 24.9 Å². The van der Waals surface area contributed by atoms with Gasteiger partial charge in [0.05, 0.1) is 18.6 Å². The van der Waals surface area contributed by atoms with Gasteiger partial charge >= 0.3 is 0 Å². The summed E-state index contributed by atoms with van der Waals surface area (Å²) >= 11 is 0. The summed E-state index contributed by atoms with van der Waals surface area (Å²) in [6.07, 6.45) is 9.83. The molecule has 0 spiro atoms. The van der Waals surface area contributed by atoms with Crippen LogP contribution in [-0.2, 0) is 19.5 Å². The average molecular weight is 218 g/mol. The van der Waals surface area contributed by atoms with Crippen LogP contribution in [0.1, 0.15) is 31.8 Å². The molecular weight excluding hydrogens is 200 g/mol. The molecule has 0 radical (unpaired) electrons. The molecule has 0 amide bonds. The summed E-state index contributed by atoms with van der Waals surface area (Å²) in [4.78, 5) is 8.53. The van der Waals surface area contributed by atoms with Crippen molar-refractivity contribution in [3.8, 4) is 0 Å². The molecule has 4 heteroatoms. The van der Waals surface area contributed by atoms with Gasteiger partial charge < -0.3 is 9.13 Å². The Morgan fingerprint density at radius 2 is 2.12 bits per heavy atom. The Kier molecular flexibility index (Phi) is 3.39. The van der Waals surface area contributed by atoms with Crippen LogP contribution in [0.2, 0.25) is 0 Å². The van der Waals surface area contributed by atoms with Crippen LogP contribution in [0, 0.1) is 0 Å². The van der Waals surface area contributed by atoms with E-state index in [1.165, 1.54) is 5.69 Å². The second-order valence-corrected chi connectivity index (χ2v) is 3.90. The predicted molar refractivity (Wildman–Crippen MR) is 63.2 cm³/mol. The van der Waals surface area contributed by atoms with E-state index in [2.05, 4.69) is 32.9 Å². The van der Waals surface area contributed by atoms with E-state index >= 15 is 0 Å². The third-order valence-electron chi connectivity index (χ3n) is 2.71. The van der Waals surface area contributed by atoms with Gasteiger partial charge in [-0.15, -0.1) is 0 Å². The van der Waals surface area contributed by atoms with Gasteiger partial charge in [-0.3, -0.25) is 0 Å². The first-order chi connectivity index (χ1) is 7.85. The minimum atomic E-state index is 0.864. The smallest absolute Gasteiger partial charge is 0.108 e. The van der Waals surface area contributed by atoms with Crippen LogP contribution < -0.4 is 0 Å². The van der Waals surface area contributed by atoms with Gasteiger partial charge in [0.1, 0.15) is 5.82 Å². The summed E-state index contributed by atoms with van der Waals surface area (Å²) in [6.45, 7) is 6.20. The first-order valence-electron chi connectivity index (χ1n) is 5.84. The van der Waals surface area contributed by atoms with Crippen LogP contribution >= 0.6 is 0 Å². The van der Waals surface area contributed by atoms with Crippen LogP contribution in [0.25, 0.3) is 0 Å². The highest BCUT2D eigenvalue weighted by atomic mass is 15.1. The SMILES string of the molecule is CCCn1cncc1Cn1ccnc1CC. The number of aryl methyl sites for hydroxylation is 2. The Labute approximate surface area is 96.0 Å². The van der Waals surface area contributed by atoms with Crippen molar-refractivity contribution >= 4 is 0 Å². The molecule has 2 rings (SSSR count). The van der Waals surface area contributed by atoms with Gasteiger partial charge in [-0.2, -0.15) is 0 Å². The molecule has 86 valence electrons. The first kappa shape index (κ1) is 10.9. The zero-order valence-corrected chi connectivity index (χ0v) is 9.93. The van der Waals surface area contributed by atoms with Gasteiger partial charge in [0.15, 0.2) is 0 Å². The minimum absolute atomic E-state index is 0.864. The summed E-state index contributed by atoms with van der Waals surface area (Å²) in [7, 11) is 0. The zero-order chi connectivity index (χ0) is 11.4. The lowest BCUT2D eigenvalue weighted by Gasteiger charge is -2.09. The van der Waals surface area contributed by atoms with Crippen molar-refractivity contribution in [2.45, 2.75) is 39.8 Å². The maximum Gasteiger partial charge on any atom is 0.108 e. The maximum atomic E-state index is 4.32. The lowest BCUT2D eigenvalue weighted by molar-refractivity contribution is 0.614. The molecule has 0 aliphatic carbocycles. The molecule has 2 aromatic heterocycles. The van der Waals surface area contributed by atoms with E-state index < -0.39 is 0 Å². The third-order valence-corrected chi connectivity index (χ3v) is 2.71. The van der Waals surface area contributed by atoms with Crippen molar-refractivity contribution in [3.05, 3.63) is 36.4 Å². The summed E-state index contributed by atoms with van der Waals surface area (Å²) < 4.78 is 4.39. The van der Waals surface area contributed by atoms with E-state index in [4.69, 9.17) is 0 Å². The number of nitrogens with zero attached hydrogens (tertiary/aromatic N) is 4.